The number of fused-ring (bicyclic) bond motifs is 2. The Morgan fingerprint density at radius 1 is 1.19 bits per heavy atom. The third-order valence-electron chi connectivity index (χ3n) is 7.96. The summed E-state index contributed by atoms with van der Waals surface area (Å²) in [6.45, 7) is 2.17. The Balaban J connectivity index is 1.20. The quantitative estimate of drug-likeness (QED) is 0.381. The summed E-state index contributed by atoms with van der Waals surface area (Å²) in [4.78, 5) is 21.8. The van der Waals surface area contributed by atoms with Crippen LogP contribution in [0.1, 0.15) is 71.8 Å². The predicted octanol–water partition coefficient (Wildman–Crippen LogP) is 6.47. The second kappa shape index (κ2) is 9.20. The number of hydrogen-bond acceptors (Lipinski definition) is 4. The average molecular weight is 510 g/mol. The number of halogens is 2. The summed E-state index contributed by atoms with van der Waals surface area (Å²) in [5, 5.41) is 9.74. The molecule has 1 saturated carbocycles. The number of nitrogens with zero attached hydrogens (tertiary/aromatic N) is 2. The highest BCUT2D eigenvalue weighted by Gasteiger charge is 2.42. The van der Waals surface area contributed by atoms with E-state index in [1.165, 1.54) is 6.07 Å². The Labute approximate surface area is 214 Å². The minimum absolute atomic E-state index is 0.101. The molecule has 1 aromatic carbocycles. The predicted molar refractivity (Wildman–Crippen MR) is 136 cm³/mol. The number of aryl methyl sites for hydroxylation is 1. The molecule has 0 radical (unpaired) electrons. The summed E-state index contributed by atoms with van der Waals surface area (Å²) in [7, 11) is 0. The molecule has 2 aliphatic heterocycles. The van der Waals surface area contributed by atoms with Crippen LogP contribution in [0.3, 0.4) is 0 Å². The van der Waals surface area contributed by atoms with Crippen molar-refractivity contribution in [2.24, 2.45) is 0 Å². The third kappa shape index (κ3) is 4.18. The van der Waals surface area contributed by atoms with Crippen molar-refractivity contribution in [1.29, 1.82) is 0 Å². The fourth-order valence-electron chi connectivity index (χ4n) is 6.10. The van der Waals surface area contributed by atoms with E-state index >= 15 is 0 Å². The molecule has 188 valence electrons. The second-order valence-electron chi connectivity index (χ2n) is 10.3. The molecule has 3 aliphatic rings. The summed E-state index contributed by atoms with van der Waals surface area (Å²) >= 11 is 6.41. The Bertz CT molecular complexity index is 1290. The van der Waals surface area contributed by atoms with Gasteiger partial charge in [0.2, 0.25) is 0 Å². The van der Waals surface area contributed by atoms with Crippen molar-refractivity contribution in [2.45, 2.75) is 76.2 Å². The molecule has 2 saturated heterocycles. The monoisotopic (exact) mass is 509 g/mol. The lowest BCUT2D eigenvalue weighted by molar-refractivity contribution is 0.0149. The molecule has 2 aromatic heterocycles. The number of ether oxygens (including phenoxy) is 1. The first-order valence-corrected chi connectivity index (χ1v) is 13.0. The van der Waals surface area contributed by atoms with Crippen LogP contribution < -0.4 is 4.90 Å². The van der Waals surface area contributed by atoms with Gasteiger partial charge >= 0.3 is 5.97 Å². The largest absolute Gasteiger partial charge is 0.478 e. The number of hydrogen-bond donors (Lipinski definition) is 2. The molecule has 3 fully saturated rings. The minimum Gasteiger partial charge on any atom is -0.478 e. The van der Waals surface area contributed by atoms with Crippen LogP contribution in [0, 0.1) is 12.7 Å². The summed E-state index contributed by atoms with van der Waals surface area (Å²) in [6, 6.07) is 8.90. The minimum atomic E-state index is -0.951. The van der Waals surface area contributed by atoms with Crippen molar-refractivity contribution in [1.82, 2.24) is 9.97 Å². The standard InChI is InChI=1S/C28H29ClFN3O3/c1-15-20(28(34)35)9-10-25(32-15)33-17-7-8-18(33)12-19(11-17)36-14-22-21(13-31-27(22)16-5-6-16)26-23(29)3-2-4-24(26)30/h2-4,9-10,13,16-19,31H,5-8,11-12,14H2,1H3,(H,34,35). The van der Waals surface area contributed by atoms with Gasteiger partial charge in [-0.25, -0.2) is 14.2 Å². The molecule has 3 aromatic rings. The SMILES string of the molecule is Cc1nc(N2C3CCC2CC(OCc2c(-c4c(F)cccc4Cl)c[nH]c2C2CC2)C3)ccc1C(=O)O. The maximum absolute atomic E-state index is 14.8. The van der Waals surface area contributed by atoms with Crippen LogP contribution in [0.2, 0.25) is 5.02 Å². The van der Waals surface area contributed by atoms with Crippen LogP contribution in [0.25, 0.3) is 11.1 Å². The van der Waals surface area contributed by atoms with Gasteiger partial charge in [-0.15, -0.1) is 0 Å². The lowest BCUT2D eigenvalue weighted by atomic mass is 9.98. The first-order valence-electron chi connectivity index (χ1n) is 12.7. The number of carboxylic acids is 1. The number of anilines is 1. The lowest BCUT2D eigenvalue weighted by Gasteiger charge is -2.40. The Morgan fingerprint density at radius 2 is 1.94 bits per heavy atom. The zero-order chi connectivity index (χ0) is 25.0. The third-order valence-corrected chi connectivity index (χ3v) is 8.27. The van der Waals surface area contributed by atoms with Crippen molar-refractivity contribution in [3.05, 3.63) is 69.9 Å². The van der Waals surface area contributed by atoms with Crippen molar-refractivity contribution in [2.75, 3.05) is 4.90 Å². The van der Waals surface area contributed by atoms with Gasteiger partial charge in [-0.1, -0.05) is 17.7 Å². The number of benzene rings is 1. The topological polar surface area (TPSA) is 78.5 Å². The molecule has 2 unspecified atom stereocenters. The molecule has 2 atom stereocenters. The van der Waals surface area contributed by atoms with Gasteiger partial charge in [0, 0.05) is 40.7 Å². The highest BCUT2D eigenvalue weighted by atomic mass is 35.5. The fraction of sp³-hybridized carbons (Fsp3) is 0.429. The highest BCUT2D eigenvalue weighted by Crippen LogP contribution is 2.46. The molecule has 8 heteroatoms. The van der Waals surface area contributed by atoms with E-state index in [0.717, 1.165) is 61.2 Å². The van der Waals surface area contributed by atoms with Gasteiger partial charge in [-0.05, 0) is 75.6 Å². The summed E-state index contributed by atoms with van der Waals surface area (Å²) in [5.74, 6) is 0.0479. The Kier molecular flexibility index (Phi) is 6.00. The van der Waals surface area contributed by atoms with Gasteiger partial charge in [0.1, 0.15) is 11.6 Å². The molecule has 2 bridgehead atoms. The zero-order valence-electron chi connectivity index (χ0n) is 20.1. The van der Waals surface area contributed by atoms with Crippen LogP contribution in [0.15, 0.2) is 36.5 Å². The van der Waals surface area contributed by atoms with Gasteiger partial charge in [-0.3, -0.25) is 0 Å². The smallest absolute Gasteiger partial charge is 0.337 e. The average Bonchev–Trinajstić information content (AvgIpc) is 3.55. The number of nitrogens with one attached hydrogen (secondary N) is 1. The number of pyridine rings is 1. The number of aromatic amines is 1. The zero-order valence-corrected chi connectivity index (χ0v) is 20.9. The van der Waals surface area contributed by atoms with E-state index in [1.54, 1.807) is 25.1 Å². The number of carboxylic acid groups (broad SMARTS) is 1. The summed E-state index contributed by atoms with van der Waals surface area (Å²) in [5.41, 5.74) is 4.16. The van der Waals surface area contributed by atoms with Crippen LogP contribution in [-0.2, 0) is 11.3 Å². The number of carbonyl (C=O) groups is 1. The van der Waals surface area contributed by atoms with E-state index < -0.39 is 5.97 Å². The van der Waals surface area contributed by atoms with Gasteiger partial charge in [0.25, 0.3) is 0 Å². The van der Waals surface area contributed by atoms with Crippen molar-refractivity contribution >= 4 is 23.4 Å². The van der Waals surface area contributed by atoms with Crippen LogP contribution in [0.4, 0.5) is 10.2 Å². The van der Waals surface area contributed by atoms with Crippen LogP contribution >= 0.6 is 11.6 Å². The molecule has 0 spiro atoms. The number of piperidine rings is 1. The normalized spacial score (nSPS) is 23.3. The first-order chi connectivity index (χ1) is 17.4. The molecule has 1 aliphatic carbocycles. The molecule has 36 heavy (non-hydrogen) atoms. The molecule has 0 amide bonds. The van der Waals surface area contributed by atoms with Gasteiger partial charge in [0.15, 0.2) is 0 Å². The Hall–Kier alpha value is -2.90. The van der Waals surface area contributed by atoms with Crippen molar-refractivity contribution in [3.8, 4) is 11.1 Å². The molecular formula is C28H29ClFN3O3. The number of aromatic carboxylic acids is 1. The summed E-state index contributed by atoms with van der Waals surface area (Å²) < 4.78 is 21.3. The van der Waals surface area contributed by atoms with Crippen molar-refractivity contribution < 1.29 is 19.0 Å². The molecule has 6 rings (SSSR count). The highest BCUT2D eigenvalue weighted by molar-refractivity contribution is 6.33. The first kappa shape index (κ1) is 23.5. The molecule has 6 nitrogen and oxygen atoms in total. The van der Waals surface area contributed by atoms with E-state index in [2.05, 4.69) is 14.9 Å². The van der Waals surface area contributed by atoms with Gasteiger partial charge in [0.05, 0.1) is 29.0 Å². The van der Waals surface area contributed by atoms with Crippen molar-refractivity contribution in [3.63, 3.8) is 0 Å². The Morgan fingerprint density at radius 3 is 2.58 bits per heavy atom. The van der Waals surface area contributed by atoms with E-state index in [1.807, 2.05) is 12.3 Å². The van der Waals surface area contributed by atoms with Gasteiger partial charge < -0.3 is 19.7 Å². The fourth-order valence-corrected chi connectivity index (χ4v) is 6.36. The maximum Gasteiger partial charge on any atom is 0.337 e. The summed E-state index contributed by atoms with van der Waals surface area (Å²) in [6.07, 6.45) is 8.15. The van der Waals surface area contributed by atoms with E-state index in [4.69, 9.17) is 16.3 Å². The number of aromatic nitrogens is 2. The molecular weight excluding hydrogens is 481 g/mol. The van der Waals surface area contributed by atoms with E-state index in [0.29, 0.717) is 40.9 Å². The molecule has 2 N–H and O–H groups in total. The number of H-pyrrole nitrogens is 1. The second-order valence-corrected chi connectivity index (χ2v) is 10.7. The van der Waals surface area contributed by atoms with E-state index in [9.17, 15) is 14.3 Å². The van der Waals surface area contributed by atoms with Gasteiger partial charge in [-0.2, -0.15) is 0 Å². The molecule has 4 heterocycles. The van der Waals surface area contributed by atoms with E-state index in [-0.39, 0.29) is 17.5 Å². The van der Waals surface area contributed by atoms with Crippen LogP contribution in [0.5, 0.6) is 0 Å². The van der Waals surface area contributed by atoms with Crippen LogP contribution in [-0.4, -0.2) is 39.2 Å². The maximum atomic E-state index is 14.8. The lowest BCUT2D eigenvalue weighted by Crippen LogP contribution is -2.46. The number of rotatable bonds is 7.